The van der Waals surface area contributed by atoms with E-state index in [-0.39, 0.29) is 52.0 Å². The zero-order chi connectivity index (χ0) is 40.2. The molecule has 56 heavy (non-hydrogen) atoms. The van der Waals surface area contributed by atoms with E-state index in [2.05, 4.69) is 40.0 Å². The minimum absolute atomic E-state index is 0.0169. The monoisotopic (exact) mass is 779 g/mol. The Morgan fingerprint density at radius 1 is 0.750 bits per heavy atom. The van der Waals surface area contributed by atoms with Gasteiger partial charge >= 0.3 is 0 Å². The Balaban J connectivity index is 1.13. The molecule has 7 fully saturated rings. The standard InChI is InChI=1S/C44H70N6O6/c1-7-14-30(34(51)39(55)45-28-20-21-28)46-37(53)32-25-44(42(5,6)43(44)22-13-23-43)26-50(32)40(56)35(41(2,3)4)48-38(54)33(27-15-9-8-10-16-27)47-36(52)31-19-12-24-49(31)29-17-11-18-29/h27-33,35H,7-26H2,1-6H3,(H,45,55)(H,46,53)(H,47,52)(H,48,54)/t30-,31+,32?,33-,35+,44+/m0/s1. The smallest absolute Gasteiger partial charge is 0.289 e. The summed E-state index contributed by atoms with van der Waals surface area (Å²) in [5.41, 5.74) is -1.02. The zero-order valence-electron chi connectivity index (χ0n) is 35.1. The molecule has 5 amide bonds. The number of carbonyl (C=O) groups excluding carboxylic acids is 6. The Labute approximate surface area is 334 Å². The van der Waals surface area contributed by atoms with Crippen LogP contribution in [0.3, 0.4) is 0 Å². The highest BCUT2D eigenvalue weighted by Crippen LogP contribution is 2.88. The molecule has 2 aliphatic heterocycles. The van der Waals surface area contributed by atoms with Gasteiger partial charge in [0.25, 0.3) is 5.91 Å². The second kappa shape index (κ2) is 15.6. The predicted molar refractivity (Wildman–Crippen MR) is 213 cm³/mol. The maximum absolute atomic E-state index is 15.2. The fourth-order valence-electron chi connectivity index (χ4n) is 11.9. The van der Waals surface area contributed by atoms with E-state index in [0.717, 1.165) is 96.4 Å². The van der Waals surface area contributed by atoms with E-state index >= 15 is 4.79 Å². The summed E-state index contributed by atoms with van der Waals surface area (Å²) >= 11 is 0. The molecule has 2 heterocycles. The van der Waals surface area contributed by atoms with Gasteiger partial charge in [-0.15, -0.1) is 0 Å². The van der Waals surface area contributed by atoms with Crippen molar-refractivity contribution in [3.05, 3.63) is 0 Å². The van der Waals surface area contributed by atoms with Crippen LogP contribution in [0.4, 0.5) is 0 Å². The highest BCUT2D eigenvalue weighted by Gasteiger charge is 2.85. The maximum atomic E-state index is 15.2. The van der Waals surface area contributed by atoms with Crippen LogP contribution in [0.1, 0.15) is 157 Å². The fraction of sp³-hybridized carbons (Fsp3) is 0.864. The third-order valence-corrected chi connectivity index (χ3v) is 16.0. The van der Waals surface area contributed by atoms with Crippen molar-refractivity contribution in [1.29, 1.82) is 0 Å². The average molecular weight is 779 g/mol. The molecule has 5 saturated carbocycles. The Morgan fingerprint density at radius 2 is 1.43 bits per heavy atom. The molecule has 2 spiro atoms. The second-order valence-electron chi connectivity index (χ2n) is 20.5. The molecule has 0 aromatic carbocycles. The molecule has 0 bridgehead atoms. The van der Waals surface area contributed by atoms with Crippen molar-refractivity contribution in [3.63, 3.8) is 0 Å². The van der Waals surface area contributed by atoms with E-state index in [1.165, 1.54) is 6.42 Å². The predicted octanol–water partition coefficient (Wildman–Crippen LogP) is 4.53. The van der Waals surface area contributed by atoms with Gasteiger partial charge < -0.3 is 26.2 Å². The van der Waals surface area contributed by atoms with Gasteiger partial charge in [-0.1, -0.05) is 80.1 Å². The summed E-state index contributed by atoms with van der Waals surface area (Å²) in [6.45, 7) is 13.5. The summed E-state index contributed by atoms with van der Waals surface area (Å²) in [5, 5.41) is 12.1. The van der Waals surface area contributed by atoms with Gasteiger partial charge in [0.2, 0.25) is 29.4 Å². The Morgan fingerprint density at radius 3 is 1.98 bits per heavy atom. The molecule has 2 saturated heterocycles. The van der Waals surface area contributed by atoms with Crippen LogP contribution in [0.2, 0.25) is 0 Å². The Kier molecular flexibility index (Phi) is 11.5. The van der Waals surface area contributed by atoms with Crippen LogP contribution < -0.4 is 21.3 Å². The Hall–Kier alpha value is -3.02. The van der Waals surface area contributed by atoms with Crippen LogP contribution in [0.15, 0.2) is 0 Å². The molecule has 6 atom stereocenters. The summed E-state index contributed by atoms with van der Waals surface area (Å²) in [4.78, 5) is 88.5. The van der Waals surface area contributed by atoms with Crippen molar-refractivity contribution in [1.82, 2.24) is 31.1 Å². The summed E-state index contributed by atoms with van der Waals surface area (Å²) < 4.78 is 0. The van der Waals surface area contributed by atoms with Crippen LogP contribution in [-0.2, 0) is 28.8 Å². The SMILES string of the molecule is CCC[C@H](NC(=O)C1C[C@@]2(CN1C(=O)[C@@H](NC(=O)[C@@H](NC(=O)[C@H]1CCCN1C1CCC1)C1CCCCC1)C(C)(C)C)C(C)(C)C21CCC1)C(=O)C(=O)NC1CC1. The lowest BCUT2D eigenvalue weighted by molar-refractivity contribution is -0.145. The van der Waals surface area contributed by atoms with Gasteiger partial charge in [0.05, 0.1) is 12.1 Å². The average Bonchev–Trinajstić information content (AvgIpc) is 3.80. The summed E-state index contributed by atoms with van der Waals surface area (Å²) in [7, 11) is 0. The highest BCUT2D eigenvalue weighted by molar-refractivity contribution is 6.38. The number of Topliss-reactive ketones (excluding diaryl/α,β-unsaturated/α-hetero) is 1. The molecule has 12 heteroatoms. The van der Waals surface area contributed by atoms with Crippen molar-refractivity contribution < 1.29 is 28.8 Å². The van der Waals surface area contributed by atoms with Crippen LogP contribution >= 0.6 is 0 Å². The minimum Gasteiger partial charge on any atom is -0.347 e. The Bertz CT molecular complexity index is 1550. The number of hydrogen-bond donors (Lipinski definition) is 4. The minimum atomic E-state index is -0.984. The molecule has 312 valence electrons. The third-order valence-electron chi connectivity index (χ3n) is 16.0. The number of carbonyl (C=O) groups is 6. The maximum Gasteiger partial charge on any atom is 0.289 e. The van der Waals surface area contributed by atoms with Crippen LogP contribution in [0, 0.1) is 27.6 Å². The van der Waals surface area contributed by atoms with Crippen molar-refractivity contribution in [2.75, 3.05) is 13.1 Å². The van der Waals surface area contributed by atoms with Gasteiger partial charge in [0.1, 0.15) is 18.1 Å². The van der Waals surface area contributed by atoms with E-state index < -0.39 is 47.2 Å². The van der Waals surface area contributed by atoms with E-state index in [4.69, 9.17) is 0 Å². The van der Waals surface area contributed by atoms with Crippen LogP contribution in [0.25, 0.3) is 0 Å². The lowest BCUT2D eigenvalue weighted by Crippen LogP contribution is -2.63. The number of nitrogens with one attached hydrogen (secondary N) is 4. The molecular weight excluding hydrogens is 709 g/mol. The van der Waals surface area contributed by atoms with Gasteiger partial charge in [-0.25, -0.2) is 0 Å². The number of nitrogens with zero attached hydrogens (tertiary/aromatic N) is 2. The first kappa shape index (κ1) is 41.2. The highest BCUT2D eigenvalue weighted by atomic mass is 16.2. The number of fused-ring (bicyclic) bond motifs is 1. The van der Waals surface area contributed by atoms with Crippen molar-refractivity contribution in [2.24, 2.45) is 27.6 Å². The summed E-state index contributed by atoms with van der Waals surface area (Å²) in [6, 6.07) is -3.32. The lowest BCUT2D eigenvalue weighted by atomic mass is 9.73. The zero-order valence-corrected chi connectivity index (χ0v) is 35.1. The molecule has 7 aliphatic rings. The first-order chi connectivity index (χ1) is 26.5. The molecule has 7 rings (SSSR count). The lowest BCUT2D eigenvalue weighted by Gasteiger charge is -2.40. The summed E-state index contributed by atoms with van der Waals surface area (Å²) in [5.74, 6) is -2.49. The van der Waals surface area contributed by atoms with Crippen LogP contribution in [-0.4, -0.2) is 101 Å². The molecule has 4 N–H and O–H groups in total. The van der Waals surface area contributed by atoms with Gasteiger partial charge in [-0.2, -0.15) is 0 Å². The van der Waals surface area contributed by atoms with Gasteiger partial charge in [0, 0.05) is 24.0 Å². The van der Waals surface area contributed by atoms with Gasteiger partial charge in [-0.05, 0) is 106 Å². The van der Waals surface area contributed by atoms with E-state index in [1.54, 1.807) is 4.90 Å². The van der Waals surface area contributed by atoms with Gasteiger partial charge in [-0.3, -0.25) is 33.7 Å². The van der Waals surface area contributed by atoms with Crippen molar-refractivity contribution >= 4 is 35.3 Å². The first-order valence-corrected chi connectivity index (χ1v) is 22.4. The van der Waals surface area contributed by atoms with Crippen molar-refractivity contribution in [3.8, 4) is 0 Å². The van der Waals surface area contributed by atoms with Gasteiger partial charge in [0.15, 0.2) is 0 Å². The second-order valence-corrected chi connectivity index (χ2v) is 20.5. The number of likely N-dealkylation sites (tertiary alicyclic amines) is 2. The van der Waals surface area contributed by atoms with Crippen LogP contribution in [0.5, 0.6) is 0 Å². The molecule has 12 nitrogen and oxygen atoms in total. The van der Waals surface area contributed by atoms with E-state index in [1.807, 2.05) is 27.7 Å². The molecule has 0 aromatic rings. The largest absolute Gasteiger partial charge is 0.347 e. The van der Waals surface area contributed by atoms with E-state index in [0.29, 0.717) is 31.8 Å². The number of ketones is 1. The number of hydrogen-bond acceptors (Lipinski definition) is 7. The number of amides is 5. The fourth-order valence-corrected chi connectivity index (χ4v) is 11.9. The molecule has 5 aliphatic carbocycles. The van der Waals surface area contributed by atoms with Crippen molar-refractivity contribution in [2.45, 2.75) is 199 Å². The normalized spacial score (nSPS) is 30.1. The third kappa shape index (κ3) is 7.31. The molecule has 1 unspecified atom stereocenters. The molecular formula is C44H70N6O6. The molecule has 0 radical (unpaired) electrons. The topological polar surface area (TPSA) is 157 Å². The van der Waals surface area contributed by atoms with E-state index in [9.17, 15) is 24.0 Å². The number of rotatable bonds is 14. The molecule has 0 aromatic heterocycles. The first-order valence-electron chi connectivity index (χ1n) is 22.4. The summed E-state index contributed by atoms with van der Waals surface area (Å²) in [6.07, 6.45) is 16.3. The quantitative estimate of drug-likeness (QED) is 0.189.